The highest BCUT2D eigenvalue weighted by Gasteiger charge is 2.08. The number of hydrogen-bond donors (Lipinski definition) is 1. The van der Waals surface area contributed by atoms with Crippen molar-refractivity contribution in [2.45, 2.75) is 45.4 Å². The van der Waals surface area contributed by atoms with Crippen LogP contribution in [0.15, 0.2) is 0 Å². The summed E-state index contributed by atoms with van der Waals surface area (Å²) in [5.41, 5.74) is 0. The first-order valence-corrected chi connectivity index (χ1v) is 5.44. The van der Waals surface area contributed by atoms with Gasteiger partial charge in [0.25, 0.3) is 0 Å². The topological polar surface area (TPSA) is 29.1 Å². The molecule has 0 heterocycles. The van der Waals surface area contributed by atoms with Gasteiger partial charge in [-0.3, -0.25) is 4.79 Å². The van der Waals surface area contributed by atoms with E-state index in [1.807, 2.05) is 6.92 Å². The second kappa shape index (κ2) is 7.19. The summed E-state index contributed by atoms with van der Waals surface area (Å²) in [6.45, 7) is 6.78. The van der Waals surface area contributed by atoms with Crippen molar-refractivity contribution in [3.05, 3.63) is 0 Å². The van der Waals surface area contributed by atoms with Gasteiger partial charge in [0.1, 0.15) is 0 Å². The molecular formula is C10H20ClNO. The van der Waals surface area contributed by atoms with Crippen LogP contribution in [0.25, 0.3) is 0 Å². The number of hydrogen-bond acceptors (Lipinski definition) is 1. The fourth-order valence-corrected chi connectivity index (χ4v) is 0.979. The average molecular weight is 206 g/mol. The Balaban J connectivity index is 3.51. The first-order chi connectivity index (χ1) is 6.10. The zero-order valence-corrected chi connectivity index (χ0v) is 9.53. The van der Waals surface area contributed by atoms with E-state index in [9.17, 15) is 4.79 Å². The Kier molecular flexibility index (Phi) is 7.06. The van der Waals surface area contributed by atoms with Crippen LogP contribution in [0.3, 0.4) is 0 Å². The van der Waals surface area contributed by atoms with Crippen molar-refractivity contribution in [2.24, 2.45) is 5.92 Å². The van der Waals surface area contributed by atoms with E-state index in [0.717, 1.165) is 12.8 Å². The third-order valence-corrected chi connectivity index (χ3v) is 2.66. The molecule has 0 saturated carbocycles. The van der Waals surface area contributed by atoms with Crippen molar-refractivity contribution < 1.29 is 4.79 Å². The Labute approximate surface area is 86.0 Å². The third kappa shape index (κ3) is 6.88. The van der Waals surface area contributed by atoms with E-state index in [1.165, 1.54) is 0 Å². The van der Waals surface area contributed by atoms with E-state index >= 15 is 0 Å². The van der Waals surface area contributed by atoms with E-state index in [2.05, 4.69) is 19.2 Å². The predicted octanol–water partition coefficient (Wildman–Crippen LogP) is 2.56. The number of rotatable bonds is 6. The van der Waals surface area contributed by atoms with E-state index in [-0.39, 0.29) is 11.3 Å². The number of halogens is 1. The molecule has 3 heteroatoms. The third-order valence-electron chi connectivity index (χ3n) is 2.19. The summed E-state index contributed by atoms with van der Waals surface area (Å²) >= 11 is 5.87. The minimum Gasteiger partial charge on any atom is -0.355 e. The highest BCUT2D eigenvalue weighted by Crippen LogP contribution is 2.06. The van der Waals surface area contributed by atoms with E-state index in [1.54, 1.807) is 0 Å². The average Bonchev–Trinajstić information content (AvgIpc) is 2.13. The molecule has 0 aromatic carbocycles. The van der Waals surface area contributed by atoms with Gasteiger partial charge < -0.3 is 5.32 Å². The molecule has 13 heavy (non-hydrogen) atoms. The maximum Gasteiger partial charge on any atom is 0.220 e. The lowest BCUT2D eigenvalue weighted by molar-refractivity contribution is -0.121. The largest absolute Gasteiger partial charge is 0.355 e. The summed E-state index contributed by atoms with van der Waals surface area (Å²) in [5, 5.41) is 2.90. The lowest BCUT2D eigenvalue weighted by atomic mass is 10.1. The van der Waals surface area contributed by atoms with Gasteiger partial charge in [-0.2, -0.15) is 0 Å². The molecule has 78 valence electrons. The van der Waals surface area contributed by atoms with Crippen molar-refractivity contribution in [2.75, 3.05) is 6.54 Å². The molecule has 1 amide bonds. The Morgan fingerprint density at radius 3 is 2.46 bits per heavy atom. The van der Waals surface area contributed by atoms with Crippen molar-refractivity contribution in [1.29, 1.82) is 0 Å². The lowest BCUT2D eigenvalue weighted by Gasteiger charge is -2.11. The van der Waals surface area contributed by atoms with Gasteiger partial charge in [0.15, 0.2) is 0 Å². The second-order valence-corrected chi connectivity index (χ2v) is 4.14. The maximum atomic E-state index is 11.3. The molecule has 1 N–H and O–H groups in total. The SMILES string of the molecule is CCC(C)CC(=O)NCC(Cl)CC. The highest BCUT2D eigenvalue weighted by atomic mass is 35.5. The first-order valence-electron chi connectivity index (χ1n) is 5.00. The van der Waals surface area contributed by atoms with E-state index in [4.69, 9.17) is 11.6 Å². The van der Waals surface area contributed by atoms with Crippen LogP contribution in [-0.2, 0) is 4.79 Å². The molecular weight excluding hydrogens is 186 g/mol. The molecule has 0 radical (unpaired) electrons. The molecule has 0 aromatic rings. The minimum atomic E-state index is 0.0703. The van der Waals surface area contributed by atoms with Crippen molar-refractivity contribution in [3.8, 4) is 0 Å². The van der Waals surface area contributed by atoms with Crippen molar-refractivity contribution >= 4 is 17.5 Å². The summed E-state index contributed by atoms with van der Waals surface area (Å²) < 4.78 is 0. The van der Waals surface area contributed by atoms with Crippen LogP contribution >= 0.6 is 11.6 Å². The normalized spacial score (nSPS) is 15.1. The van der Waals surface area contributed by atoms with Crippen LogP contribution in [0, 0.1) is 5.92 Å². The summed E-state index contributed by atoms with van der Waals surface area (Å²) in [6, 6.07) is 0. The number of carbonyl (C=O) groups is 1. The van der Waals surface area contributed by atoms with Crippen LogP contribution in [0.5, 0.6) is 0 Å². The summed E-state index contributed by atoms with van der Waals surface area (Å²) in [4.78, 5) is 11.3. The van der Waals surface area contributed by atoms with Gasteiger partial charge in [-0.15, -0.1) is 11.6 Å². The first kappa shape index (κ1) is 12.8. The van der Waals surface area contributed by atoms with Crippen LogP contribution in [-0.4, -0.2) is 17.8 Å². The van der Waals surface area contributed by atoms with E-state index in [0.29, 0.717) is 18.9 Å². The second-order valence-electron chi connectivity index (χ2n) is 3.53. The molecule has 2 nitrogen and oxygen atoms in total. The molecule has 0 aliphatic rings. The number of amides is 1. The molecule has 0 aliphatic heterocycles. The molecule has 0 aliphatic carbocycles. The quantitative estimate of drug-likeness (QED) is 0.664. The molecule has 0 spiro atoms. The zero-order chi connectivity index (χ0) is 10.3. The lowest BCUT2D eigenvalue weighted by Crippen LogP contribution is -2.30. The standard InChI is InChI=1S/C10H20ClNO/c1-4-8(3)6-10(13)12-7-9(11)5-2/h8-9H,4-7H2,1-3H3,(H,12,13). The predicted molar refractivity (Wildman–Crippen MR) is 57.0 cm³/mol. The van der Waals surface area contributed by atoms with Crippen molar-refractivity contribution in [3.63, 3.8) is 0 Å². The summed E-state index contributed by atoms with van der Waals surface area (Å²) in [6.07, 6.45) is 2.56. The van der Waals surface area contributed by atoms with Crippen LogP contribution in [0.4, 0.5) is 0 Å². The monoisotopic (exact) mass is 205 g/mol. The van der Waals surface area contributed by atoms with Gasteiger partial charge in [0.05, 0.1) is 5.38 Å². The Bertz CT molecular complexity index is 150. The van der Waals surface area contributed by atoms with Gasteiger partial charge in [-0.05, 0) is 12.3 Å². The Hall–Kier alpha value is -0.240. The van der Waals surface area contributed by atoms with Crippen LogP contribution < -0.4 is 5.32 Å². The number of alkyl halides is 1. The fraction of sp³-hybridized carbons (Fsp3) is 0.900. The smallest absolute Gasteiger partial charge is 0.220 e. The molecule has 2 unspecified atom stereocenters. The molecule has 0 bridgehead atoms. The highest BCUT2D eigenvalue weighted by molar-refractivity contribution is 6.20. The maximum absolute atomic E-state index is 11.3. The molecule has 0 fully saturated rings. The summed E-state index contributed by atoms with van der Waals surface area (Å²) in [5.74, 6) is 0.587. The van der Waals surface area contributed by atoms with Gasteiger partial charge in [-0.1, -0.05) is 27.2 Å². The zero-order valence-electron chi connectivity index (χ0n) is 8.77. The molecule has 0 aromatic heterocycles. The number of carbonyl (C=O) groups excluding carboxylic acids is 1. The van der Waals surface area contributed by atoms with Crippen LogP contribution in [0.1, 0.15) is 40.0 Å². The van der Waals surface area contributed by atoms with Crippen molar-refractivity contribution in [1.82, 2.24) is 5.32 Å². The van der Waals surface area contributed by atoms with Crippen LogP contribution in [0.2, 0.25) is 0 Å². The molecule has 2 atom stereocenters. The molecule has 0 saturated heterocycles. The minimum absolute atomic E-state index is 0.0703. The van der Waals surface area contributed by atoms with Gasteiger partial charge >= 0.3 is 0 Å². The van der Waals surface area contributed by atoms with E-state index < -0.39 is 0 Å². The Morgan fingerprint density at radius 2 is 2.00 bits per heavy atom. The van der Waals surface area contributed by atoms with Gasteiger partial charge in [0, 0.05) is 13.0 Å². The van der Waals surface area contributed by atoms with Gasteiger partial charge in [0.2, 0.25) is 5.91 Å². The Morgan fingerprint density at radius 1 is 1.38 bits per heavy atom. The number of nitrogens with one attached hydrogen (secondary N) is 1. The summed E-state index contributed by atoms with van der Waals surface area (Å²) in [7, 11) is 0. The van der Waals surface area contributed by atoms with Gasteiger partial charge in [-0.25, -0.2) is 0 Å². The fourth-order valence-electron chi connectivity index (χ4n) is 0.902. The molecule has 0 rings (SSSR count).